The van der Waals surface area contributed by atoms with Gasteiger partial charge in [0.2, 0.25) is 6.29 Å². The number of likely N-dealkylation sites (N-methyl/N-ethyl adjacent to an activating group) is 1. The largest absolute Gasteiger partial charge is 0.452 e. The maximum absolute atomic E-state index is 12.1. The second-order valence-corrected chi connectivity index (χ2v) is 6.59. The van der Waals surface area contributed by atoms with Crippen LogP contribution in [0.15, 0.2) is 24.5 Å². The molecule has 0 radical (unpaired) electrons. The summed E-state index contributed by atoms with van der Waals surface area (Å²) in [6.45, 7) is 1.69. The number of ether oxygens (including phenoxy) is 3. The smallest absolute Gasteiger partial charge is 0.415 e. The summed E-state index contributed by atoms with van der Waals surface area (Å²) in [5.41, 5.74) is 0.0209. The Morgan fingerprint density at radius 1 is 1.47 bits per heavy atom. The molecule has 1 saturated heterocycles. The molecule has 3 heterocycles. The van der Waals surface area contributed by atoms with Gasteiger partial charge in [0.25, 0.3) is 0 Å². The highest BCUT2D eigenvalue weighted by Crippen LogP contribution is 2.39. The van der Waals surface area contributed by atoms with Crippen molar-refractivity contribution in [3.8, 4) is 11.5 Å². The van der Waals surface area contributed by atoms with Crippen LogP contribution in [0.4, 0.5) is 22.1 Å². The number of carbonyl (C=O) groups is 1. The zero-order valence-electron chi connectivity index (χ0n) is 16.1. The molecule has 1 atom stereocenters. The van der Waals surface area contributed by atoms with Crippen molar-refractivity contribution in [1.82, 2.24) is 14.9 Å². The lowest BCUT2D eigenvalue weighted by Crippen LogP contribution is -2.42. The van der Waals surface area contributed by atoms with Crippen LogP contribution in [0.2, 0.25) is 5.02 Å². The third kappa shape index (κ3) is 5.23. The minimum absolute atomic E-state index is 0.0106. The molecule has 1 fully saturated rings. The molecule has 1 aliphatic rings. The van der Waals surface area contributed by atoms with Gasteiger partial charge < -0.3 is 29.6 Å². The van der Waals surface area contributed by atoms with Gasteiger partial charge in [0.05, 0.1) is 13.2 Å². The lowest BCUT2D eigenvalue weighted by molar-refractivity contribution is -0.388. The topological polar surface area (TPSA) is 141 Å². The number of nitrogens with zero attached hydrogens (tertiary/aromatic N) is 4. The Kier molecular flexibility index (Phi) is 6.82. The molecule has 12 nitrogen and oxygen atoms in total. The Labute approximate surface area is 176 Å². The van der Waals surface area contributed by atoms with E-state index in [4.69, 9.17) is 25.8 Å². The fourth-order valence-electron chi connectivity index (χ4n) is 2.63. The molecule has 2 aromatic rings. The fraction of sp³-hybridized carbons (Fsp3) is 0.353. The standard InChI is InChI=1S/C17H19ClN6O6/c1-19-15-14(18)11(8-21-16(15)24(26)27)29-10-3-4-20-12(7-10)22-17(25)30-13-9-23(2)5-6-28-13/h3-4,7-8,13,19H,5-6,9H2,1-2H3,(H,20,22,25). The van der Waals surface area contributed by atoms with Crippen molar-refractivity contribution in [3.63, 3.8) is 0 Å². The van der Waals surface area contributed by atoms with Gasteiger partial charge in [-0.3, -0.25) is 10.2 Å². The number of nitrogens with one attached hydrogen (secondary N) is 2. The first kappa shape index (κ1) is 21.5. The molecule has 3 rings (SSSR count). The number of rotatable bonds is 6. The maximum Gasteiger partial charge on any atom is 0.415 e. The summed E-state index contributed by atoms with van der Waals surface area (Å²) >= 11 is 6.20. The van der Waals surface area contributed by atoms with Crippen LogP contribution in [-0.4, -0.2) is 66.0 Å². The lowest BCUT2D eigenvalue weighted by Gasteiger charge is -2.29. The highest BCUT2D eigenvalue weighted by molar-refractivity contribution is 6.35. The summed E-state index contributed by atoms with van der Waals surface area (Å²) in [5.74, 6) is 0.102. The molecule has 0 aliphatic carbocycles. The van der Waals surface area contributed by atoms with E-state index >= 15 is 0 Å². The number of hydrogen-bond donors (Lipinski definition) is 2. The highest BCUT2D eigenvalue weighted by Gasteiger charge is 2.23. The molecule has 30 heavy (non-hydrogen) atoms. The van der Waals surface area contributed by atoms with E-state index in [1.54, 1.807) is 0 Å². The molecule has 0 aromatic carbocycles. The zero-order valence-corrected chi connectivity index (χ0v) is 16.9. The molecular weight excluding hydrogens is 420 g/mol. The van der Waals surface area contributed by atoms with Gasteiger partial charge in [-0.2, -0.15) is 0 Å². The van der Waals surface area contributed by atoms with Crippen molar-refractivity contribution in [2.75, 3.05) is 44.4 Å². The zero-order chi connectivity index (χ0) is 21.7. The molecule has 1 aliphatic heterocycles. The number of halogens is 1. The summed E-state index contributed by atoms with van der Waals surface area (Å²) in [5, 5.41) is 16.2. The van der Waals surface area contributed by atoms with Gasteiger partial charge in [-0.1, -0.05) is 11.6 Å². The van der Waals surface area contributed by atoms with Gasteiger partial charge in [0.15, 0.2) is 17.6 Å². The number of hydrogen-bond acceptors (Lipinski definition) is 10. The molecule has 1 amide bonds. The van der Waals surface area contributed by atoms with Crippen LogP contribution < -0.4 is 15.4 Å². The SMILES string of the molecule is CNc1c([N+](=O)[O-])ncc(Oc2ccnc(NC(=O)OC3CN(C)CCO3)c2)c1Cl. The van der Waals surface area contributed by atoms with Crippen LogP contribution in [0.1, 0.15) is 0 Å². The average Bonchev–Trinajstić information content (AvgIpc) is 2.69. The lowest BCUT2D eigenvalue weighted by atomic mass is 10.3. The quantitative estimate of drug-likeness (QED) is 0.510. The van der Waals surface area contributed by atoms with Gasteiger partial charge in [-0.05, 0) is 23.0 Å². The first-order valence-electron chi connectivity index (χ1n) is 8.79. The number of aromatic nitrogens is 2. The van der Waals surface area contributed by atoms with Crippen molar-refractivity contribution in [2.24, 2.45) is 0 Å². The van der Waals surface area contributed by atoms with Crippen molar-refractivity contribution in [2.45, 2.75) is 6.29 Å². The summed E-state index contributed by atoms with van der Waals surface area (Å²) in [4.78, 5) is 32.2. The maximum atomic E-state index is 12.1. The van der Waals surface area contributed by atoms with Crippen LogP contribution in [0.5, 0.6) is 11.5 Å². The van der Waals surface area contributed by atoms with E-state index in [2.05, 4.69) is 20.6 Å². The minimum atomic E-state index is -0.729. The predicted molar refractivity (Wildman–Crippen MR) is 107 cm³/mol. The number of pyridine rings is 2. The first-order chi connectivity index (χ1) is 14.4. The van der Waals surface area contributed by atoms with E-state index in [1.807, 2.05) is 11.9 Å². The summed E-state index contributed by atoms with van der Waals surface area (Å²) in [7, 11) is 3.38. The average molecular weight is 439 g/mol. The van der Waals surface area contributed by atoms with Crippen molar-refractivity contribution in [1.29, 1.82) is 0 Å². The van der Waals surface area contributed by atoms with Crippen LogP contribution in [-0.2, 0) is 9.47 Å². The number of amides is 1. The molecule has 0 bridgehead atoms. The van der Waals surface area contributed by atoms with Crippen molar-refractivity contribution < 1.29 is 23.9 Å². The van der Waals surface area contributed by atoms with E-state index < -0.39 is 23.1 Å². The van der Waals surface area contributed by atoms with Gasteiger partial charge in [-0.25, -0.2) is 9.78 Å². The second kappa shape index (κ2) is 9.52. The van der Waals surface area contributed by atoms with Crippen molar-refractivity contribution in [3.05, 3.63) is 39.7 Å². The molecule has 0 saturated carbocycles. The Bertz CT molecular complexity index is 945. The van der Waals surface area contributed by atoms with Crippen LogP contribution in [0.3, 0.4) is 0 Å². The monoisotopic (exact) mass is 438 g/mol. The van der Waals surface area contributed by atoms with E-state index in [-0.39, 0.29) is 28.0 Å². The van der Waals surface area contributed by atoms with Gasteiger partial charge in [0.1, 0.15) is 16.6 Å². The third-order valence-electron chi connectivity index (χ3n) is 4.05. The number of morpholine rings is 1. The van der Waals surface area contributed by atoms with Gasteiger partial charge >= 0.3 is 11.9 Å². The molecule has 2 aromatic heterocycles. The van der Waals surface area contributed by atoms with E-state index in [9.17, 15) is 14.9 Å². The Balaban J connectivity index is 1.68. The number of nitro groups is 1. The molecule has 2 N–H and O–H groups in total. The van der Waals surface area contributed by atoms with E-state index in [0.29, 0.717) is 13.2 Å². The third-order valence-corrected chi connectivity index (χ3v) is 4.43. The number of carbonyl (C=O) groups excluding carboxylic acids is 1. The normalized spacial score (nSPS) is 16.6. The summed E-state index contributed by atoms with van der Waals surface area (Å²) < 4.78 is 16.2. The Morgan fingerprint density at radius 3 is 2.97 bits per heavy atom. The van der Waals surface area contributed by atoms with Crippen LogP contribution in [0.25, 0.3) is 0 Å². The van der Waals surface area contributed by atoms with Gasteiger partial charge in [0, 0.05) is 25.9 Å². The van der Waals surface area contributed by atoms with Crippen LogP contribution >= 0.6 is 11.6 Å². The molecule has 160 valence electrons. The highest BCUT2D eigenvalue weighted by atomic mass is 35.5. The molecule has 1 unspecified atom stereocenters. The first-order valence-corrected chi connectivity index (χ1v) is 9.17. The Hall–Kier alpha value is -3.22. The van der Waals surface area contributed by atoms with E-state index in [1.165, 1.54) is 25.4 Å². The van der Waals surface area contributed by atoms with E-state index in [0.717, 1.165) is 12.7 Å². The minimum Gasteiger partial charge on any atom is -0.452 e. The fourth-order valence-corrected chi connectivity index (χ4v) is 2.89. The van der Waals surface area contributed by atoms with Crippen LogP contribution in [0, 0.1) is 10.1 Å². The van der Waals surface area contributed by atoms with Gasteiger partial charge in [-0.15, -0.1) is 0 Å². The number of anilines is 2. The summed E-state index contributed by atoms with van der Waals surface area (Å²) in [6.07, 6.45) is 1.14. The summed E-state index contributed by atoms with van der Waals surface area (Å²) in [6, 6.07) is 2.96. The Morgan fingerprint density at radius 2 is 2.27 bits per heavy atom. The van der Waals surface area contributed by atoms with Crippen molar-refractivity contribution >= 4 is 35.0 Å². The predicted octanol–water partition coefficient (Wildman–Crippen LogP) is 2.71. The molecular formula is C17H19ClN6O6. The molecule has 0 spiro atoms. The second-order valence-electron chi connectivity index (χ2n) is 6.21. The molecule has 13 heteroatoms.